The molecule has 1 aromatic carbocycles. The van der Waals surface area contributed by atoms with Gasteiger partial charge in [0, 0.05) is 16.3 Å². The number of nitrogen functional groups attached to an aromatic ring is 1. The zero-order valence-corrected chi connectivity index (χ0v) is 8.90. The molecule has 0 aromatic heterocycles. The number of nitrogens with two attached hydrogens (primary N) is 1. The number of halogens is 2. The summed E-state index contributed by atoms with van der Waals surface area (Å²) in [5.74, 6) is 0. The lowest BCUT2D eigenvalue weighted by molar-refractivity contribution is 1.48. The fourth-order valence-electron chi connectivity index (χ4n) is 0.832. The summed E-state index contributed by atoms with van der Waals surface area (Å²) in [5.41, 5.74) is 7.19. The van der Waals surface area contributed by atoms with Crippen LogP contribution in [-0.2, 0) is 0 Å². The number of anilines is 2. The largest absolute Gasteiger partial charge is 0.399 e. The van der Waals surface area contributed by atoms with E-state index in [0.29, 0.717) is 10.7 Å². The summed E-state index contributed by atoms with van der Waals surface area (Å²) in [6.07, 6.45) is 0. The second-order valence-electron chi connectivity index (χ2n) is 2.11. The van der Waals surface area contributed by atoms with Crippen molar-refractivity contribution >= 4 is 45.6 Å². The summed E-state index contributed by atoms with van der Waals surface area (Å²) in [4.78, 5) is 0. The molecular weight excluding hydrogens is 274 g/mol. The van der Waals surface area contributed by atoms with Gasteiger partial charge < -0.3 is 11.1 Å². The van der Waals surface area contributed by atoms with Crippen molar-refractivity contribution < 1.29 is 0 Å². The highest BCUT2D eigenvalue weighted by Crippen LogP contribution is 2.29. The van der Waals surface area contributed by atoms with Gasteiger partial charge in [0.05, 0.1) is 10.7 Å². The van der Waals surface area contributed by atoms with E-state index >= 15 is 0 Å². The Labute approximate surface area is 84.3 Å². The molecule has 0 unspecified atom stereocenters. The van der Waals surface area contributed by atoms with Gasteiger partial charge in [0.2, 0.25) is 0 Å². The predicted molar refractivity (Wildman–Crippen MR) is 58.1 cm³/mol. The van der Waals surface area contributed by atoms with Crippen LogP contribution < -0.4 is 11.1 Å². The number of hydrogen-bond acceptors (Lipinski definition) is 2. The minimum absolute atomic E-state index is 0.664. The lowest BCUT2D eigenvalue weighted by atomic mass is 10.3. The fourth-order valence-corrected chi connectivity index (χ4v) is 2.23. The standard InChI is InChI=1S/C7H8ClIN2/c1-11-7-5(8)2-4(10)3-6(7)9/h2-3,11H,10H2,1H3. The van der Waals surface area contributed by atoms with Crippen LogP contribution in [0.1, 0.15) is 0 Å². The Balaban J connectivity index is 3.25. The lowest BCUT2D eigenvalue weighted by Crippen LogP contribution is -1.94. The van der Waals surface area contributed by atoms with Gasteiger partial charge in [-0.25, -0.2) is 0 Å². The number of benzene rings is 1. The molecule has 0 aliphatic heterocycles. The predicted octanol–water partition coefficient (Wildman–Crippen LogP) is 2.57. The van der Waals surface area contributed by atoms with Crippen LogP contribution in [0.2, 0.25) is 5.02 Å². The Hall–Kier alpha value is -0.160. The first-order chi connectivity index (χ1) is 5.15. The highest BCUT2D eigenvalue weighted by molar-refractivity contribution is 14.1. The van der Waals surface area contributed by atoms with Crippen LogP contribution in [0.15, 0.2) is 12.1 Å². The van der Waals surface area contributed by atoms with Gasteiger partial charge in [-0.05, 0) is 34.7 Å². The minimum Gasteiger partial charge on any atom is -0.399 e. The Kier molecular flexibility index (Phi) is 2.84. The highest BCUT2D eigenvalue weighted by Gasteiger charge is 2.03. The topological polar surface area (TPSA) is 38.0 Å². The second kappa shape index (κ2) is 3.49. The normalized spacial score (nSPS) is 9.73. The fraction of sp³-hybridized carbons (Fsp3) is 0.143. The molecule has 0 aliphatic carbocycles. The zero-order valence-electron chi connectivity index (χ0n) is 5.99. The monoisotopic (exact) mass is 282 g/mol. The smallest absolute Gasteiger partial charge is 0.0668 e. The van der Waals surface area contributed by atoms with Crippen molar-refractivity contribution in [2.24, 2.45) is 0 Å². The van der Waals surface area contributed by atoms with Crippen LogP contribution in [0.25, 0.3) is 0 Å². The Bertz CT molecular complexity index is 252. The first kappa shape index (κ1) is 8.93. The van der Waals surface area contributed by atoms with Crippen LogP contribution in [0.4, 0.5) is 11.4 Å². The van der Waals surface area contributed by atoms with E-state index in [0.717, 1.165) is 9.26 Å². The summed E-state index contributed by atoms with van der Waals surface area (Å²) < 4.78 is 1.04. The van der Waals surface area contributed by atoms with Gasteiger partial charge in [0.1, 0.15) is 0 Å². The van der Waals surface area contributed by atoms with Gasteiger partial charge >= 0.3 is 0 Å². The van der Waals surface area contributed by atoms with Gasteiger partial charge in [0.15, 0.2) is 0 Å². The van der Waals surface area contributed by atoms with Gasteiger partial charge in [-0.1, -0.05) is 11.6 Å². The molecule has 2 nitrogen and oxygen atoms in total. The molecule has 0 spiro atoms. The molecule has 0 aliphatic rings. The van der Waals surface area contributed by atoms with E-state index in [1.807, 2.05) is 13.1 Å². The van der Waals surface area contributed by atoms with Crippen LogP contribution in [0, 0.1) is 3.57 Å². The van der Waals surface area contributed by atoms with E-state index in [1.165, 1.54) is 0 Å². The third-order valence-electron chi connectivity index (χ3n) is 1.31. The molecule has 60 valence electrons. The molecule has 1 rings (SSSR count). The zero-order chi connectivity index (χ0) is 8.43. The molecule has 11 heavy (non-hydrogen) atoms. The molecule has 0 fully saturated rings. The molecule has 1 aromatic rings. The van der Waals surface area contributed by atoms with E-state index in [1.54, 1.807) is 6.07 Å². The molecule has 0 saturated carbocycles. The number of nitrogens with one attached hydrogen (secondary N) is 1. The van der Waals surface area contributed by atoms with E-state index < -0.39 is 0 Å². The number of hydrogen-bond donors (Lipinski definition) is 2. The maximum absolute atomic E-state index is 5.89. The van der Waals surface area contributed by atoms with Crippen molar-refractivity contribution in [2.75, 3.05) is 18.1 Å². The van der Waals surface area contributed by atoms with Crippen molar-refractivity contribution in [1.82, 2.24) is 0 Å². The summed E-state index contributed by atoms with van der Waals surface area (Å²) in [6.45, 7) is 0. The Morgan fingerprint density at radius 3 is 2.64 bits per heavy atom. The maximum atomic E-state index is 5.89. The Morgan fingerprint density at radius 1 is 1.55 bits per heavy atom. The summed E-state index contributed by atoms with van der Waals surface area (Å²) >= 11 is 8.07. The quantitative estimate of drug-likeness (QED) is 0.614. The van der Waals surface area contributed by atoms with E-state index in [4.69, 9.17) is 17.3 Å². The van der Waals surface area contributed by atoms with Gasteiger partial charge in [-0.15, -0.1) is 0 Å². The first-order valence-electron chi connectivity index (χ1n) is 3.07. The van der Waals surface area contributed by atoms with Crippen LogP contribution >= 0.6 is 34.2 Å². The molecular formula is C7H8ClIN2. The molecule has 0 amide bonds. The SMILES string of the molecule is CNc1c(Cl)cc(N)cc1I. The van der Waals surface area contributed by atoms with Crippen molar-refractivity contribution in [3.8, 4) is 0 Å². The van der Waals surface area contributed by atoms with Crippen LogP contribution in [-0.4, -0.2) is 7.05 Å². The summed E-state index contributed by atoms with van der Waals surface area (Å²) in [7, 11) is 1.83. The summed E-state index contributed by atoms with van der Waals surface area (Å²) in [6, 6.07) is 3.60. The second-order valence-corrected chi connectivity index (χ2v) is 3.68. The van der Waals surface area contributed by atoms with Crippen molar-refractivity contribution in [3.05, 3.63) is 20.7 Å². The van der Waals surface area contributed by atoms with Crippen molar-refractivity contribution in [3.63, 3.8) is 0 Å². The molecule has 0 radical (unpaired) electrons. The average Bonchev–Trinajstić information content (AvgIpc) is 1.85. The molecule has 3 N–H and O–H groups in total. The van der Waals surface area contributed by atoms with Gasteiger partial charge in [0.25, 0.3) is 0 Å². The van der Waals surface area contributed by atoms with E-state index in [9.17, 15) is 0 Å². The third-order valence-corrected chi connectivity index (χ3v) is 2.46. The minimum atomic E-state index is 0.664. The van der Waals surface area contributed by atoms with E-state index in [-0.39, 0.29) is 0 Å². The molecule has 0 saturated heterocycles. The maximum Gasteiger partial charge on any atom is 0.0668 e. The van der Waals surface area contributed by atoms with Crippen molar-refractivity contribution in [2.45, 2.75) is 0 Å². The van der Waals surface area contributed by atoms with Crippen molar-refractivity contribution in [1.29, 1.82) is 0 Å². The lowest BCUT2D eigenvalue weighted by Gasteiger charge is -2.06. The molecule has 0 atom stereocenters. The average molecular weight is 283 g/mol. The Morgan fingerprint density at radius 2 is 2.18 bits per heavy atom. The van der Waals surface area contributed by atoms with Crippen LogP contribution in [0.3, 0.4) is 0 Å². The molecule has 4 heteroatoms. The first-order valence-corrected chi connectivity index (χ1v) is 4.53. The van der Waals surface area contributed by atoms with Crippen LogP contribution in [0.5, 0.6) is 0 Å². The van der Waals surface area contributed by atoms with Gasteiger partial charge in [-0.2, -0.15) is 0 Å². The van der Waals surface area contributed by atoms with E-state index in [2.05, 4.69) is 27.9 Å². The third kappa shape index (κ3) is 1.90. The highest BCUT2D eigenvalue weighted by atomic mass is 127. The van der Waals surface area contributed by atoms with Gasteiger partial charge in [-0.3, -0.25) is 0 Å². The molecule has 0 heterocycles. The molecule has 0 bridgehead atoms. The summed E-state index contributed by atoms with van der Waals surface area (Å²) in [5, 5.41) is 3.66. The number of rotatable bonds is 1.